The van der Waals surface area contributed by atoms with Gasteiger partial charge in [-0.2, -0.15) is 0 Å². The lowest BCUT2D eigenvalue weighted by Crippen LogP contribution is -2.62. The van der Waals surface area contributed by atoms with Gasteiger partial charge in [-0.1, -0.05) is 17.7 Å². The Morgan fingerprint density at radius 3 is 2.00 bits per heavy atom. The van der Waals surface area contributed by atoms with Crippen LogP contribution in [-0.4, -0.2) is 28.4 Å². The second-order valence-electron chi connectivity index (χ2n) is 8.61. The molecule has 1 heterocycles. The Hall–Kier alpha value is -1.35. The Morgan fingerprint density at radius 1 is 1.09 bits per heavy atom. The number of aryl methyl sites for hydroxylation is 3. The van der Waals surface area contributed by atoms with Gasteiger partial charge in [0.1, 0.15) is 0 Å². The van der Waals surface area contributed by atoms with E-state index in [9.17, 15) is 4.79 Å². The van der Waals surface area contributed by atoms with Crippen molar-refractivity contribution in [2.45, 2.75) is 85.0 Å². The van der Waals surface area contributed by atoms with Gasteiger partial charge in [0.2, 0.25) is 6.41 Å². The molecule has 3 heteroatoms. The zero-order valence-corrected chi connectivity index (χ0v) is 15.8. The molecule has 1 saturated heterocycles. The SMILES string of the molecule is Cc1cc(C)c(CN(C=O)C2CC(C)(C)NC(C)(C)C2)c(C)c1. The van der Waals surface area contributed by atoms with Crippen LogP contribution in [0.3, 0.4) is 0 Å². The summed E-state index contributed by atoms with van der Waals surface area (Å²) in [5, 5.41) is 3.69. The molecule has 3 nitrogen and oxygen atoms in total. The first-order valence-corrected chi connectivity index (χ1v) is 8.60. The smallest absolute Gasteiger partial charge is 0.210 e. The van der Waals surface area contributed by atoms with Crippen LogP contribution in [0.1, 0.15) is 62.8 Å². The highest BCUT2D eigenvalue weighted by Crippen LogP contribution is 2.32. The molecule has 1 amide bonds. The van der Waals surface area contributed by atoms with Gasteiger partial charge in [0.15, 0.2) is 0 Å². The molecule has 1 aliphatic rings. The minimum Gasteiger partial charge on any atom is -0.338 e. The van der Waals surface area contributed by atoms with Crippen molar-refractivity contribution in [2.75, 3.05) is 0 Å². The van der Waals surface area contributed by atoms with E-state index in [2.05, 4.69) is 65.9 Å². The van der Waals surface area contributed by atoms with Crippen LogP contribution >= 0.6 is 0 Å². The van der Waals surface area contributed by atoms with Crippen molar-refractivity contribution in [1.29, 1.82) is 0 Å². The summed E-state index contributed by atoms with van der Waals surface area (Å²) in [7, 11) is 0. The third kappa shape index (κ3) is 4.35. The predicted octanol–water partition coefficient (Wildman–Crippen LogP) is 3.88. The van der Waals surface area contributed by atoms with Crippen molar-refractivity contribution in [3.05, 3.63) is 34.4 Å². The lowest BCUT2D eigenvalue weighted by atomic mass is 9.79. The maximum atomic E-state index is 11.8. The second-order valence-corrected chi connectivity index (χ2v) is 8.61. The number of nitrogens with zero attached hydrogens (tertiary/aromatic N) is 1. The van der Waals surface area contributed by atoms with Gasteiger partial charge in [0.05, 0.1) is 0 Å². The molecule has 0 spiro atoms. The van der Waals surface area contributed by atoms with E-state index in [1.807, 2.05) is 4.90 Å². The number of carbonyl (C=O) groups excluding carboxylic acids is 1. The monoisotopic (exact) mass is 316 g/mol. The summed E-state index contributed by atoms with van der Waals surface area (Å²) in [6, 6.07) is 4.70. The predicted molar refractivity (Wildman–Crippen MR) is 96.6 cm³/mol. The van der Waals surface area contributed by atoms with Gasteiger partial charge < -0.3 is 10.2 Å². The Bertz CT molecular complexity index is 550. The molecule has 1 aromatic carbocycles. The molecule has 0 atom stereocenters. The van der Waals surface area contributed by atoms with Crippen LogP contribution in [0.4, 0.5) is 0 Å². The highest BCUT2D eigenvalue weighted by molar-refractivity contribution is 5.50. The summed E-state index contributed by atoms with van der Waals surface area (Å²) < 4.78 is 0. The molecule has 0 aromatic heterocycles. The molecule has 1 fully saturated rings. The van der Waals surface area contributed by atoms with E-state index < -0.39 is 0 Å². The maximum absolute atomic E-state index is 11.8. The number of nitrogens with one attached hydrogen (secondary N) is 1. The highest BCUT2D eigenvalue weighted by Gasteiger charge is 2.39. The van der Waals surface area contributed by atoms with Crippen molar-refractivity contribution in [1.82, 2.24) is 10.2 Å². The van der Waals surface area contributed by atoms with Gasteiger partial charge in [-0.05, 0) is 78.0 Å². The van der Waals surface area contributed by atoms with E-state index in [0.717, 1.165) is 19.3 Å². The molecule has 0 unspecified atom stereocenters. The first-order valence-electron chi connectivity index (χ1n) is 8.60. The minimum absolute atomic E-state index is 0.0467. The van der Waals surface area contributed by atoms with E-state index in [1.165, 1.54) is 22.3 Å². The van der Waals surface area contributed by atoms with E-state index in [-0.39, 0.29) is 17.1 Å². The second kappa shape index (κ2) is 6.27. The molecule has 0 aliphatic carbocycles. The van der Waals surface area contributed by atoms with Crippen LogP contribution in [0, 0.1) is 20.8 Å². The first kappa shape index (κ1) is 18.0. The number of hydrogen-bond acceptors (Lipinski definition) is 2. The standard InChI is InChI=1S/C20H32N2O/c1-14-8-15(2)18(16(3)9-14)12-22(13-23)17-10-19(4,5)21-20(6,7)11-17/h8-9,13,17,21H,10-12H2,1-7H3. The molecular formula is C20H32N2O. The van der Waals surface area contributed by atoms with Crippen molar-refractivity contribution < 1.29 is 4.79 Å². The average molecular weight is 316 g/mol. The summed E-state index contributed by atoms with van der Waals surface area (Å²) in [4.78, 5) is 13.8. The Morgan fingerprint density at radius 2 is 1.57 bits per heavy atom. The van der Waals surface area contributed by atoms with E-state index in [1.54, 1.807) is 0 Å². The third-order valence-corrected chi connectivity index (χ3v) is 4.95. The minimum atomic E-state index is 0.0467. The normalized spacial score (nSPS) is 20.3. The van der Waals surface area contributed by atoms with Crippen molar-refractivity contribution in [3.63, 3.8) is 0 Å². The lowest BCUT2D eigenvalue weighted by molar-refractivity contribution is -0.122. The van der Waals surface area contributed by atoms with Gasteiger partial charge in [0, 0.05) is 23.7 Å². The fourth-order valence-corrected chi connectivity index (χ4v) is 4.40. The number of rotatable bonds is 4. The molecule has 1 N–H and O–H groups in total. The fraction of sp³-hybridized carbons (Fsp3) is 0.650. The van der Waals surface area contributed by atoms with Gasteiger partial charge in [0.25, 0.3) is 0 Å². The topological polar surface area (TPSA) is 32.3 Å². The molecule has 0 bridgehead atoms. The third-order valence-electron chi connectivity index (χ3n) is 4.95. The van der Waals surface area contributed by atoms with Crippen LogP contribution in [0.2, 0.25) is 0 Å². The number of carbonyl (C=O) groups is 1. The molecule has 0 radical (unpaired) electrons. The van der Waals surface area contributed by atoms with Crippen molar-refractivity contribution in [2.24, 2.45) is 0 Å². The molecule has 0 saturated carbocycles. The summed E-state index contributed by atoms with van der Waals surface area (Å²) in [5.74, 6) is 0. The van der Waals surface area contributed by atoms with E-state index >= 15 is 0 Å². The van der Waals surface area contributed by atoms with Gasteiger partial charge in [-0.25, -0.2) is 0 Å². The Balaban J connectivity index is 2.25. The molecular weight excluding hydrogens is 284 g/mol. The van der Waals surface area contributed by atoms with Crippen LogP contribution in [0.25, 0.3) is 0 Å². The van der Waals surface area contributed by atoms with E-state index in [4.69, 9.17) is 0 Å². The zero-order valence-electron chi connectivity index (χ0n) is 15.8. The molecule has 2 rings (SSSR count). The van der Waals surface area contributed by atoms with Gasteiger partial charge >= 0.3 is 0 Å². The van der Waals surface area contributed by atoms with Gasteiger partial charge in [-0.15, -0.1) is 0 Å². The quantitative estimate of drug-likeness (QED) is 0.855. The van der Waals surface area contributed by atoms with Crippen molar-refractivity contribution in [3.8, 4) is 0 Å². The Kier molecular flexibility index (Phi) is 4.91. The fourth-order valence-electron chi connectivity index (χ4n) is 4.40. The van der Waals surface area contributed by atoms with Crippen LogP contribution in [0.15, 0.2) is 12.1 Å². The zero-order chi connectivity index (χ0) is 17.4. The Labute approximate surface area is 141 Å². The highest BCUT2D eigenvalue weighted by atomic mass is 16.1. The van der Waals surface area contributed by atoms with Crippen LogP contribution < -0.4 is 5.32 Å². The molecule has 23 heavy (non-hydrogen) atoms. The van der Waals surface area contributed by atoms with Gasteiger partial charge in [-0.3, -0.25) is 4.79 Å². The molecule has 128 valence electrons. The maximum Gasteiger partial charge on any atom is 0.210 e. The number of benzene rings is 1. The number of piperidine rings is 1. The summed E-state index contributed by atoms with van der Waals surface area (Å²) in [6.07, 6.45) is 3.01. The van der Waals surface area contributed by atoms with E-state index in [0.29, 0.717) is 6.54 Å². The van der Waals surface area contributed by atoms with Crippen molar-refractivity contribution >= 4 is 6.41 Å². The lowest BCUT2D eigenvalue weighted by Gasteiger charge is -2.49. The van der Waals surface area contributed by atoms with Crippen LogP contribution in [-0.2, 0) is 11.3 Å². The summed E-state index contributed by atoms with van der Waals surface area (Å²) in [6.45, 7) is 16.0. The number of hydrogen-bond donors (Lipinski definition) is 1. The molecule has 1 aromatic rings. The first-order chi connectivity index (χ1) is 10.5. The molecule has 1 aliphatic heterocycles. The largest absolute Gasteiger partial charge is 0.338 e. The summed E-state index contributed by atoms with van der Waals surface area (Å²) >= 11 is 0. The summed E-state index contributed by atoms with van der Waals surface area (Å²) in [5.41, 5.74) is 5.22. The number of amides is 1. The van der Waals surface area contributed by atoms with Crippen LogP contribution in [0.5, 0.6) is 0 Å². The average Bonchev–Trinajstić information content (AvgIpc) is 2.33.